The molecule has 0 radical (unpaired) electrons. The summed E-state index contributed by atoms with van der Waals surface area (Å²) in [6, 6.07) is 4.99. The van der Waals surface area contributed by atoms with Crippen LogP contribution in [-0.2, 0) is 0 Å². The number of hydrogen-bond acceptors (Lipinski definition) is 1. The van der Waals surface area contributed by atoms with Gasteiger partial charge in [-0.25, -0.2) is 4.39 Å². The molecule has 0 bridgehead atoms. The average Bonchev–Trinajstić information content (AvgIpc) is 2.20. The summed E-state index contributed by atoms with van der Waals surface area (Å²) in [5, 5.41) is 0. The lowest BCUT2D eigenvalue weighted by Crippen LogP contribution is -1.96. The van der Waals surface area contributed by atoms with E-state index in [0.29, 0.717) is 5.75 Å². The van der Waals surface area contributed by atoms with Crippen molar-refractivity contribution >= 4 is 0 Å². The zero-order valence-corrected chi connectivity index (χ0v) is 9.60. The molecule has 0 aliphatic heterocycles. The monoisotopic (exact) mass is 198 g/mol. The number of benzene rings is 1. The van der Waals surface area contributed by atoms with E-state index in [2.05, 4.69) is 0 Å². The maximum absolute atomic E-state index is 13.1. The van der Waals surface area contributed by atoms with E-state index < -0.39 is 0 Å². The molecule has 0 unspecified atom stereocenters. The van der Waals surface area contributed by atoms with E-state index >= 15 is 0 Å². The van der Waals surface area contributed by atoms with Gasteiger partial charge in [0, 0.05) is 0 Å². The van der Waals surface area contributed by atoms with E-state index in [1.54, 1.807) is 6.07 Å². The molecule has 2 heteroatoms. The number of hydrogen-bond donors (Lipinski definition) is 0. The molecule has 0 saturated carbocycles. The lowest BCUT2D eigenvalue weighted by atomic mass is 10.0. The summed E-state index contributed by atoms with van der Waals surface area (Å²) in [7, 11) is 1.49. The van der Waals surface area contributed by atoms with E-state index in [-0.39, 0.29) is 11.7 Å². The van der Waals surface area contributed by atoms with Crippen LogP contribution in [0.15, 0.2) is 18.2 Å². The summed E-state index contributed by atoms with van der Waals surface area (Å²) in [4.78, 5) is 0. The summed E-state index contributed by atoms with van der Waals surface area (Å²) >= 11 is 0. The Balaban J connectivity index is 0.000000791. The standard InChI is InChI=1S/C10H13FO.C2H6/c1-7(2)8-5-4-6-9(11)10(8)12-3;1-2/h4-7H,1-3H3;1-2H3. The Morgan fingerprint density at radius 2 is 1.79 bits per heavy atom. The van der Waals surface area contributed by atoms with Crippen molar-refractivity contribution in [1.29, 1.82) is 0 Å². The zero-order valence-electron chi connectivity index (χ0n) is 9.60. The highest BCUT2D eigenvalue weighted by molar-refractivity contribution is 5.36. The lowest BCUT2D eigenvalue weighted by Gasteiger charge is -2.11. The Morgan fingerprint density at radius 3 is 2.14 bits per heavy atom. The van der Waals surface area contributed by atoms with Crippen LogP contribution >= 0.6 is 0 Å². The van der Waals surface area contributed by atoms with Crippen molar-refractivity contribution < 1.29 is 9.13 Å². The van der Waals surface area contributed by atoms with Gasteiger partial charge in [0.05, 0.1) is 7.11 Å². The maximum Gasteiger partial charge on any atom is 0.165 e. The first-order valence-corrected chi connectivity index (χ1v) is 4.99. The van der Waals surface area contributed by atoms with Gasteiger partial charge in [-0.2, -0.15) is 0 Å². The molecule has 0 aromatic heterocycles. The fraction of sp³-hybridized carbons (Fsp3) is 0.500. The highest BCUT2D eigenvalue weighted by Gasteiger charge is 2.10. The summed E-state index contributed by atoms with van der Waals surface area (Å²) in [5.41, 5.74) is 0.914. The van der Waals surface area contributed by atoms with Crippen LogP contribution in [0.3, 0.4) is 0 Å². The largest absolute Gasteiger partial charge is 0.493 e. The molecule has 14 heavy (non-hydrogen) atoms. The van der Waals surface area contributed by atoms with Crippen LogP contribution in [0.25, 0.3) is 0 Å². The highest BCUT2D eigenvalue weighted by Crippen LogP contribution is 2.28. The molecule has 0 spiro atoms. The minimum atomic E-state index is -0.288. The van der Waals surface area contributed by atoms with Gasteiger partial charge in [-0.1, -0.05) is 39.8 Å². The van der Waals surface area contributed by atoms with Gasteiger partial charge < -0.3 is 4.74 Å². The van der Waals surface area contributed by atoms with E-state index in [4.69, 9.17) is 4.74 Å². The van der Waals surface area contributed by atoms with Crippen LogP contribution in [0.5, 0.6) is 5.75 Å². The number of halogens is 1. The molecule has 0 aliphatic rings. The van der Waals surface area contributed by atoms with Crippen LogP contribution in [0.1, 0.15) is 39.2 Å². The fourth-order valence-electron chi connectivity index (χ4n) is 1.20. The highest BCUT2D eigenvalue weighted by atomic mass is 19.1. The molecule has 1 aromatic carbocycles. The van der Waals surface area contributed by atoms with Gasteiger partial charge >= 0.3 is 0 Å². The second-order valence-electron chi connectivity index (χ2n) is 3.02. The molecule has 0 atom stereocenters. The Labute approximate surface area is 85.9 Å². The number of methoxy groups -OCH3 is 1. The van der Waals surface area contributed by atoms with E-state index in [1.807, 2.05) is 33.8 Å². The fourth-order valence-corrected chi connectivity index (χ4v) is 1.20. The normalized spacial score (nSPS) is 9.36. The van der Waals surface area contributed by atoms with E-state index in [1.165, 1.54) is 13.2 Å². The molecule has 1 nitrogen and oxygen atoms in total. The SMILES string of the molecule is CC.COc1c(F)cccc1C(C)C. The minimum Gasteiger partial charge on any atom is -0.493 e. The Bertz CT molecular complexity index is 269. The van der Waals surface area contributed by atoms with Gasteiger partial charge in [0.25, 0.3) is 0 Å². The summed E-state index contributed by atoms with van der Waals surface area (Å²) in [6.45, 7) is 8.02. The number of para-hydroxylation sites is 1. The third kappa shape index (κ3) is 3.02. The van der Waals surface area contributed by atoms with Crippen LogP contribution in [0.4, 0.5) is 4.39 Å². The van der Waals surface area contributed by atoms with Crippen LogP contribution < -0.4 is 4.74 Å². The van der Waals surface area contributed by atoms with Crippen LogP contribution in [0.2, 0.25) is 0 Å². The predicted octanol–water partition coefficient (Wildman–Crippen LogP) is 3.98. The quantitative estimate of drug-likeness (QED) is 0.698. The molecule has 0 amide bonds. The summed E-state index contributed by atoms with van der Waals surface area (Å²) < 4.78 is 18.0. The van der Waals surface area contributed by atoms with E-state index in [9.17, 15) is 4.39 Å². The lowest BCUT2D eigenvalue weighted by molar-refractivity contribution is 0.379. The minimum absolute atomic E-state index is 0.288. The topological polar surface area (TPSA) is 9.23 Å². The average molecular weight is 198 g/mol. The molecule has 0 aliphatic carbocycles. The smallest absolute Gasteiger partial charge is 0.165 e. The molecule has 0 N–H and O–H groups in total. The van der Waals surface area contributed by atoms with Crippen LogP contribution in [0, 0.1) is 5.82 Å². The molecule has 1 rings (SSSR count). The molecular formula is C12H19FO. The number of ether oxygens (including phenoxy) is 1. The predicted molar refractivity (Wildman–Crippen MR) is 58.4 cm³/mol. The van der Waals surface area contributed by atoms with Gasteiger partial charge in [-0.3, -0.25) is 0 Å². The van der Waals surface area contributed by atoms with Crippen molar-refractivity contribution in [2.45, 2.75) is 33.6 Å². The first kappa shape index (κ1) is 12.9. The van der Waals surface area contributed by atoms with Crippen molar-refractivity contribution in [2.75, 3.05) is 7.11 Å². The van der Waals surface area contributed by atoms with Gasteiger partial charge in [0.2, 0.25) is 0 Å². The Kier molecular flexibility index (Phi) is 5.93. The van der Waals surface area contributed by atoms with Gasteiger partial charge in [0.15, 0.2) is 11.6 Å². The van der Waals surface area contributed by atoms with Gasteiger partial charge in [-0.15, -0.1) is 0 Å². The zero-order chi connectivity index (χ0) is 11.1. The van der Waals surface area contributed by atoms with Crippen molar-refractivity contribution in [3.05, 3.63) is 29.6 Å². The molecule has 1 aromatic rings. The second kappa shape index (κ2) is 6.41. The summed E-state index contributed by atoms with van der Waals surface area (Å²) in [5.74, 6) is 0.367. The Hall–Kier alpha value is -1.05. The molecule has 80 valence electrons. The second-order valence-corrected chi connectivity index (χ2v) is 3.02. The third-order valence-corrected chi connectivity index (χ3v) is 1.82. The van der Waals surface area contributed by atoms with Crippen molar-refractivity contribution in [2.24, 2.45) is 0 Å². The molecule has 0 heterocycles. The van der Waals surface area contributed by atoms with Crippen molar-refractivity contribution in [3.63, 3.8) is 0 Å². The van der Waals surface area contributed by atoms with Crippen molar-refractivity contribution in [3.8, 4) is 5.75 Å². The molecule has 0 saturated heterocycles. The van der Waals surface area contributed by atoms with E-state index in [0.717, 1.165) is 5.56 Å². The number of rotatable bonds is 2. The maximum atomic E-state index is 13.1. The third-order valence-electron chi connectivity index (χ3n) is 1.82. The van der Waals surface area contributed by atoms with Crippen LogP contribution in [-0.4, -0.2) is 7.11 Å². The van der Waals surface area contributed by atoms with Gasteiger partial charge in [0.1, 0.15) is 0 Å². The first-order valence-electron chi connectivity index (χ1n) is 4.99. The van der Waals surface area contributed by atoms with Gasteiger partial charge in [-0.05, 0) is 17.5 Å². The summed E-state index contributed by atoms with van der Waals surface area (Å²) in [6.07, 6.45) is 0. The first-order chi connectivity index (χ1) is 6.66. The molecule has 0 fully saturated rings. The van der Waals surface area contributed by atoms with Crippen molar-refractivity contribution in [1.82, 2.24) is 0 Å². The Morgan fingerprint density at radius 1 is 1.21 bits per heavy atom. The molecular weight excluding hydrogens is 179 g/mol.